The molecule has 0 bridgehead atoms. The molecule has 0 radical (unpaired) electrons. The van der Waals surface area contributed by atoms with Gasteiger partial charge in [-0.2, -0.15) is 0 Å². The lowest BCUT2D eigenvalue weighted by Crippen LogP contribution is -2.11. The number of hydrogen-bond acceptors (Lipinski definition) is 2. The number of carbonyl (C=O) groups is 1. The van der Waals surface area contributed by atoms with Gasteiger partial charge in [0, 0.05) is 32.8 Å². The monoisotopic (exact) mass is 453 g/mol. The number of halogens is 1. The van der Waals surface area contributed by atoms with Gasteiger partial charge in [-0.25, -0.2) is 4.98 Å². The Labute approximate surface area is 165 Å². The molecule has 1 N–H and O–H groups in total. The summed E-state index contributed by atoms with van der Waals surface area (Å²) in [4.78, 5) is 17.0. The van der Waals surface area contributed by atoms with Crippen LogP contribution in [-0.2, 0) is 0 Å². The minimum Gasteiger partial charge on any atom is -0.322 e. The number of hydrogen-bond donors (Lipinski definition) is 1. The third-order valence-corrected chi connectivity index (χ3v) is 4.94. The molecule has 2 heterocycles. The average molecular weight is 453 g/mol. The molecule has 0 spiro atoms. The Kier molecular flexibility index (Phi) is 4.46. The van der Waals surface area contributed by atoms with Crippen LogP contribution >= 0.6 is 22.6 Å². The first-order valence-electron chi connectivity index (χ1n) is 8.22. The number of amides is 1. The highest BCUT2D eigenvalue weighted by Crippen LogP contribution is 2.22. The Hall–Kier alpha value is -2.67. The highest BCUT2D eigenvalue weighted by Gasteiger charge is 2.08. The molecule has 4 nitrogen and oxygen atoms in total. The number of fused-ring (bicyclic) bond motifs is 1. The minimum atomic E-state index is -0.113. The van der Waals surface area contributed by atoms with Gasteiger partial charge in [-0.15, -0.1) is 0 Å². The van der Waals surface area contributed by atoms with E-state index in [0.717, 1.165) is 31.7 Å². The summed E-state index contributed by atoms with van der Waals surface area (Å²) in [7, 11) is 0. The second kappa shape index (κ2) is 6.92. The van der Waals surface area contributed by atoms with Crippen molar-refractivity contribution in [2.75, 3.05) is 5.32 Å². The zero-order chi connectivity index (χ0) is 18.1. The second-order valence-electron chi connectivity index (χ2n) is 6.09. The highest BCUT2D eigenvalue weighted by atomic mass is 127. The van der Waals surface area contributed by atoms with Crippen LogP contribution in [0.3, 0.4) is 0 Å². The first kappa shape index (κ1) is 16.8. The second-order valence-corrected chi connectivity index (χ2v) is 7.33. The van der Waals surface area contributed by atoms with Gasteiger partial charge in [0.05, 0.1) is 5.69 Å². The van der Waals surface area contributed by atoms with Crippen LogP contribution in [0.2, 0.25) is 0 Å². The zero-order valence-electron chi connectivity index (χ0n) is 14.1. The van der Waals surface area contributed by atoms with E-state index in [9.17, 15) is 4.79 Å². The maximum atomic E-state index is 12.3. The fourth-order valence-corrected chi connectivity index (χ4v) is 3.18. The Morgan fingerprint density at radius 1 is 1.04 bits per heavy atom. The van der Waals surface area contributed by atoms with E-state index in [1.807, 2.05) is 71.4 Å². The maximum Gasteiger partial charge on any atom is 0.255 e. The van der Waals surface area contributed by atoms with Crippen molar-refractivity contribution in [3.63, 3.8) is 0 Å². The van der Waals surface area contributed by atoms with Crippen molar-refractivity contribution >= 4 is 39.8 Å². The van der Waals surface area contributed by atoms with Crippen molar-refractivity contribution < 1.29 is 4.79 Å². The Bertz CT molecular complexity index is 1080. The standard InChI is InChI=1S/C21H16IN3O/c1-14-3-2-12-25-13-19(24-20(14)25)15-6-10-18(11-7-15)23-21(26)16-4-8-17(22)9-5-16/h2-13H,1H3,(H,23,26). The maximum absolute atomic E-state index is 12.3. The van der Waals surface area contributed by atoms with E-state index in [0.29, 0.717) is 5.56 Å². The van der Waals surface area contributed by atoms with E-state index in [1.54, 1.807) is 0 Å². The molecule has 26 heavy (non-hydrogen) atoms. The summed E-state index contributed by atoms with van der Waals surface area (Å²) in [6.07, 6.45) is 4.01. The summed E-state index contributed by atoms with van der Waals surface area (Å²) in [6, 6.07) is 19.3. The molecular formula is C21H16IN3O. The van der Waals surface area contributed by atoms with Gasteiger partial charge in [-0.3, -0.25) is 4.79 Å². The van der Waals surface area contributed by atoms with Crippen molar-refractivity contribution in [2.45, 2.75) is 6.92 Å². The molecule has 0 atom stereocenters. The topological polar surface area (TPSA) is 46.4 Å². The van der Waals surface area contributed by atoms with Crippen molar-refractivity contribution in [3.8, 4) is 11.3 Å². The fraction of sp³-hybridized carbons (Fsp3) is 0.0476. The quantitative estimate of drug-likeness (QED) is 0.436. The molecule has 4 aromatic rings. The number of aromatic nitrogens is 2. The van der Waals surface area contributed by atoms with Crippen LogP contribution in [0.25, 0.3) is 16.9 Å². The molecule has 2 aromatic carbocycles. The summed E-state index contributed by atoms with van der Waals surface area (Å²) in [5, 5.41) is 2.93. The Morgan fingerprint density at radius 3 is 2.46 bits per heavy atom. The number of nitrogens with zero attached hydrogens (tertiary/aromatic N) is 2. The smallest absolute Gasteiger partial charge is 0.255 e. The molecule has 1 amide bonds. The molecule has 0 unspecified atom stereocenters. The largest absolute Gasteiger partial charge is 0.322 e. The lowest BCUT2D eigenvalue weighted by molar-refractivity contribution is 0.102. The van der Waals surface area contributed by atoms with Crippen molar-refractivity contribution in [1.29, 1.82) is 0 Å². The predicted octanol–water partition coefficient (Wildman–Crippen LogP) is 5.17. The van der Waals surface area contributed by atoms with Gasteiger partial charge >= 0.3 is 0 Å². The minimum absolute atomic E-state index is 0.113. The molecule has 0 fully saturated rings. The molecular weight excluding hydrogens is 437 g/mol. The zero-order valence-corrected chi connectivity index (χ0v) is 16.3. The van der Waals surface area contributed by atoms with Crippen LogP contribution in [0.1, 0.15) is 15.9 Å². The summed E-state index contributed by atoms with van der Waals surface area (Å²) >= 11 is 2.22. The molecule has 5 heteroatoms. The fourth-order valence-electron chi connectivity index (χ4n) is 2.82. The van der Waals surface area contributed by atoms with Crippen molar-refractivity contribution in [1.82, 2.24) is 9.38 Å². The normalized spacial score (nSPS) is 10.8. The van der Waals surface area contributed by atoms with Crippen molar-refractivity contribution in [2.24, 2.45) is 0 Å². The van der Waals surface area contributed by atoms with E-state index < -0.39 is 0 Å². The van der Waals surface area contributed by atoms with Gasteiger partial charge < -0.3 is 9.72 Å². The van der Waals surface area contributed by atoms with E-state index in [2.05, 4.69) is 40.9 Å². The molecule has 0 saturated heterocycles. The van der Waals surface area contributed by atoms with E-state index in [4.69, 9.17) is 4.98 Å². The van der Waals surface area contributed by atoms with E-state index in [1.165, 1.54) is 0 Å². The van der Waals surface area contributed by atoms with Gasteiger partial charge in [-0.1, -0.05) is 18.2 Å². The van der Waals surface area contributed by atoms with Crippen LogP contribution in [0, 0.1) is 10.5 Å². The SMILES string of the molecule is Cc1cccn2cc(-c3ccc(NC(=O)c4ccc(I)cc4)cc3)nc12. The van der Waals surface area contributed by atoms with Gasteiger partial charge in [0.25, 0.3) is 5.91 Å². The van der Waals surface area contributed by atoms with Gasteiger partial charge in [0.1, 0.15) is 5.65 Å². The van der Waals surface area contributed by atoms with Crippen molar-refractivity contribution in [3.05, 3.63) is 87.8 Å². The van der Waals surface area contributed by atoms with Gasteiger partial charge in [0.2, 0.25) is 0 Å². The van der Waals surface area contributed by atoms with Crippen LogP contribution in [0.4, 0.5) is 5.69 Å². The third kappa shape index (κ3) is 3.35. The summed E-state index contributed by atoms with van der Waals surface area (Å²) in [5.41, 5.74) is 5.43. The number of benzene rings is 2. The number of aryl methyl sites for hydroxylation is 1. The molecule has 0 aliphatic heterocycles. The number of anilines is 1. The summed E-state index contributed by atoms with van der Waals surface area (Å²) < 4.78 is 3.13. The molecule has 0 aliphatic carbocycles. The van der Waals surface area contributed by atoms with E-state index in [-0.39, 0.29) is 5.91 Å². The number of rotatable bonds is 3. The molecule has 4 rings (SSSR count). The first-order valence-corrected chi connectivity index (χ1v) is 9.30. The van der Waals surface area contributed by atoms with Gasteiger partial charge in [0.15, 0.2) is 0 Å². The van der Waals surface area contributed by atoms with Crippen LogP contribution in [0.5, 0.6) is 0 Å². The van der Waals surface area contributed by atoms with E-state index >= 15 is 0 Å². The lowest BCUT2D eigenvalue weighted by Gasteiger charge is -2.06. The number of imidazole rings is 1. The molecule has 0 aliphatic rings. The first-order chi connectivity index (χ1) is 12.6. The number of carbonyl (C=O) groups excluding carboxylic acids is 1. The van der Waals surface area contributed by atoms with Crippen LogP contribution in [-0.4, -0.2) is 15.3 Å². The van der Waals surface area contributed by atoms with Crippen LogP contribution in [0.15, 0.2) is 73.1 Å². The Balaban J connectivity index is 1.55. The van der Waals surface area contributed by atoms with Crippen LogP contribution < -0.4 is 5.32 Å². The average Bonchev–Trinajstić information content (AvgIpc) is 3.08. The predicted molar refractivity (Wildman–Crippen MR) is 112 cm³/mol. The highest BCUT2D eigenvalue weighted by molar-refractivity contribution is 14.1. The molecule has 128 valence electrons. The lowest BCUT2D eigenvalue weighted by atomic mass is 10.1. The summed E-state index contributed by atoms with van der Waals surface area (Å²) in [6.45, 7) is 2.05. The summed E-state index contributed by atoms with van der Waals surface area (Å²) in [5.74, 6) is -0.113. The molecule has 2 aromatic heterocycles. The van der Waals surface area contributed by atoms with Gasteiger partial charge in [-0.05, 0) is 77.5 Å². The number of pyridine rings is 1. The number of nitrogens with one attached hydrogen (secondary N) is 1. The third-order valence-electron chi connectivity index (χ3n) is 4.22. The Morgan fingerprint density at radius 2 is 1.77 bits per heavy atom. The molecule has 0 saturated carbocycles.